The summed E-state index contributed by atoms with van der Waals surface area (Å²) in [5, 5.41) is 2.05. The smallest absolute Gasteiger partial charge is 0.306 e. The zero-order valence-corrected chi connectivity index (χ0v) is 25.7. The number of allylic oxidation sites excluding steroid dienone is 1. The average Bonchev–Trinajstić information content (AvgIpc) is 3.35. The summed E-state index contributed by atoms with van der Waals surface area (Å²) in [7, 11) is -2.92. The van der Waals surface area contributed by atoms with Crippen LogP contribution in [0.25, 0.3) is 0 Å². The molecular weight excluding hydrogens is 520 g/mol. The molecule has 0 radical (unpaired) electrons. The third-order valence-electron chi connectivity index (χ3n) is 8.46. The van der Waals surface area contributed by atoms with E-state index in [-0.39, 0.29) is 30.5 Å². The molecule has 2 aliphatic rings. The molecule has 2 aromatic carbocycles. The third kappa shape index (κ3) is 5.62. The Bertz CT molecular complexity index is 1140. The molecule has 1 spiro atoms. The van der Waals surface area contributed by atoms with E-state index in [0.717, 1.165) is 10.4 Å². The average molecular weight is 565 g/mol. The lowest BCUT2D eigenvalue weighted by Crippen LogP contribution is -2.68. The molecule has 0 N–H and O–H groups in total. The first-order chi connectivity index (χ1) is 19.0. The highest BCUT2D eigenvalue weighted by Gasteiger charge is 2.63. The van der Waals surface area contributed by atoms with Crippen LogP contribution in [0.2, 0.25) is 5.04 Å². The molecule has 7 heteroatoms. The second kappa shape index (κ2) is 11.7. The number of ketones is 1. The monoisotopic (exact) mass is 564 g/mol. The maximum atomic E-state index is 14.6. The molecule has 1 heterocycles. The van der Waals surface area contributed by atoms with E-state index in [1.807, 2.05) is 43.3 Å². The van der Waals surface area contributed by atoms with E-state index in [1.165, 1.54) is 0 Å². The van der Waals surface area contributed by atoms with Gasteiger partial charge < -0.3 is 18.6 Å². The lowest BCUT2D eigenvalue weighted by molar-refractivity contribution is -0.227. The maximum Gasteiger partial charge on any atom is 0.306 e. The van der Waals surface area contributed by atoms with E-state index in [4.69, 9.17) is 18.6 Å². The number of rotatable bonds is 10. The SMILES string of the molecule is C=CC[C@@]1(CC(=O)OCC)CC2(C[C@@](C)(CO[Si](c3ccccc3)(c3ccccc3)C(C)(C)C)C1=O)OCCO2. The summed E-state index contributed by atoms with van der Waals surface area (Å²) in [5.74, 6) is -1.38. The van der Waals surface area contributed by atoms with Crippen molar-refractivity contribution in [1.29, 1.82) is 0 Å². The van der Waals surface area contributed by atoms with Crippen LogP contribution in [-0.2, 0) is 28.2 Å². The Morgan fingerprint density at radius 2 is 1.55 bits per heavy atom. The van der Waals surface area contributed by atoms with Crippen LogP contribution in [0.5, 0.6) is 0 Å². The number of hydrogen-bond acceptors (Lipinski definition) is 6. The van der Waals surface area contributed by atoms with E-state index in [2.05, 4.69) is 51.6 Å². The second-order valence-electron chi connectivity index (χ2n) is 12.6. The molecule has 1 saturated heterocycles. The van der Waals surface area contributed by atoms with E-state index < -0.39 is 30.9 Å². The first-order valence-electron chi connectivity index (χ1n) is 14.3. The van der Waals surface area contributed by atoms with Gasteiger partial charge in [0.25, 0.3) is 8.32 Å². The van der Waals surface area contributed by atoms with Crippen molar-refractivity contribution in [1.82, 2.24) is 0 Å². The van der Waals surface area contributed by atoms with Gasteiger partial charge in [-0.25, -0.2) is 0 Å². The molecule has 216 valence electrons. The highest BCUT2D eigenvalue weighted by atomic mass is 28.4. The van der Waals surface area contributed by atoms with Crippen LogP contribution < -0.4 is 10.4 Å². The minimum atomic E-state index is -2.92. The summed E-state index contributed by atoms with van der Waals surface area (Å²) in [4.78, 5) is 27.5. The van der Waals surface area contributed by atoms with Crippen molar-refractivity contribution in [2.45, 2.75) is 71.1 Å². The number of esters is 1. The summed E-state index contributed by atoms with van der Waals surface area (Å²) in [6, 6.07) is 20.8. The Labute approximate surface area is 240 Å². The minimum absolute atomic E-state index is 0.0180. The largest absolute Gasteiger partial charge is 0.466 e. The first kappa shape index (κ1) is 30.4. The first-order valence-corrected chi connectivity index (χ1v) is 16.2. The van der Waals surface area contributed by atoms with Crippen LogP contribution in [0.15, 0.2) is 73.3 Å². The second-order valence-corrected chi connectivity index (χ2v) is 16.9. The van der Waals surface area contributed by atoms with Crippen LogP contribution in [0.1, 0.15) is 60.3 Å². The fraction of sp³-hybridized carbons (Fsp3) is 0.515. The van der Waals surface area contributed by atoms with Gasteiger partial charge in [-0.1, -0.05) is 94.4 Å². The molecule has 0 unspecified atom stereocenters. The zero-order valence-electron chi connectivity index (χ0n) is 24.7. The number of carbonyl (C=O) groups excluding carboxylic acids is 2. The van der Waals surface area contributed by atoms with E-state index >= 15 is 0 Å². The topological polar surface area (TPSA) is 71.1 Å². The predicted octanol–water partition coefficient (Wildman–Crippen LogP) is 5.19. The summed E-state index contributed by atoms with van der Waals surface area (Å²) in [5.41, 5.74) is -2.02. The summed E-state index contributed by atoms with van der Waals surface area (Å²) >= 11 is 0. The molecule has 4 rings (SSSR count). The van der Waals surface area contributed by atoms with Crippen molar-refractivity contribution >= 4 is 30.4 Å². The van der Waals surface area contributed by atoms with Gasteiger partial charge in [0.15, 0.2) is 5.79 Å². The lowest BCUT2D eigenvalue weighted by atomic mass is 9.57. The Morgan fingerprint density at radius 1 is 1.00 bits per heavy atom. The van der Waals surface area contributed by atoms with Crippen LogP contribution in [0.3, 0.4) is 0 Å². The third-order valence-corrected chi connectivity index (χ3v) is 13.4. The molecule has 1 saturated carbocycles. The quantitative estimate of drug-likeness (QED) is 0.225. The van der Waals surface area contributed by atoms with Crippen molar-refractivity contribution in [2.24, 2.45) is 10.8 Å². The fourth-order valence-corrected chi connectivity index (χ4v) is 11.7. The predicted molar refractivity (Wildman–Crippen MR) is 159 cm³/mol. The van der Waals surface area contributed by atoms with Gasteiger partial charge in [0.2, 0.25) is 0 Å². The van der Waals surface area contributed by atoms with Crippen molar-refractivity contribution in [3.63, 3.8) is 0 Å². The van der Waals surface area contributed by atoms with Gasteiger partial charge in [-0.05, 0) is 28.8 Å². The summed E-state index contributed by atoms with van der Waals surface area (Å²) in [6.45, 7) is 15.6. The molecule has 1 aliphatic carbocycles. The fourth-order valence-electron chi connectivity index (χ4n) is 6.96. The number of benzene rings is 2. The molecule has 1 aliphatic heterocycles. The van der Waals surface area contributed by atoms with Gasteiger partial charge in [-0.3, -0.25) is 9.59 Å². The molecular formula is C33H44O6Si. The molecule has 40 heavy (non-hydrogen) atoms. The Balaban J connectivity index is 1.81. The Morgan fingerprint density at radius 3 is 2.02 bits per heavy atom. The number of carbonyl (C=O) groups is 2. The van der Waals surface area contributed by atoms with Crippen molar-refractivity contribution < 1.29 is 28.2 Å². The number of ether oxygens (including phenoxy) is 3. The molecule has 0 bridgehead atoms. The van der Waals surface area contributed by atoms with Gasteiger partial charge >= 0.3 is 5.97 Å². The molecule has 0 aromatic heterocycles. The molecule has 6 nitrogen and oxygen atoms in total. The van der Waals surface area contributed by atoms with Gasteiger partial charge in [0.1, 0.15) is 5.78 Å². The van der Waals surface area contributed by atoms with Gasteiger partial charge in [0.05, 0.1) is 31.7 Å². The summed E-state index contributed by atoms with van der Waals surface area (Å²) in [6.07, 6.45) is 2.65. The van der Waals surface area contributed by atoms with Crippen molar-refractivity contribution in [2.75, 3.05) is 26.4 Å². The van der Waals surface area contributed by atoms with Crippen molar-refractivity contribution in [3.05, 3.63) is 73.3 Å². The van der Waals surface area contributed by atoms with E-state index in [0.29, 0.717) is 32.5 Å². The van der Waals surface area contributed by atoms with Crippen molar-refractivity contribution in [3.8, 4) is 0 Å². The number of hydrogen-bond donors (Lipinski definition) is 0. The van der Waals surface area contributed by atoms with Crippen LogP contribution in [0.4, 0.5) is 0 Å². The number of Topliss-reactive ketones (excluding diaryl/α,β-unsaturated/α-hetero) is 1. The minimum Gasteiger partial charge on any atom is -0.466 e. The highest BCUT2D eigenvalue weighted by molar-refractivity contribution is 6.99. The van der Waals surface area contributed by atoms with Gasteiger partial charge in [-0.15, -0.1) is 6.58 Å². The molecule has 2 atom stereocenters. The lowest BCUT2D eigenvalue weighted by Gasteiger charge is -2.52. The highest BCUT2D eigenvalue weighted by Crippen LogP contribution is 2.55. The Kier molecular flexibility index (Phi) is 8.90. The van der Waals surface area contributed by atoms with Gasteiger partial charge in [-0.2, -0.15) is 0 Å². The summed E-state index contributed by atoms with van der Waals surface area (Å²) < 4.78 is 25.1. The standard InChI is InChI=1S/C33H44O6Si/c1-7-19-32(22-28(34)36-8-2)24-33(37-20-21-38-33)23-31(6,29(32)35)25-39-40(30(3,4)5,26-15-11-9-12-16-26)27-17-13-10-14-18-27/h7,9-18H,1,8,19-25H2,2-6H3/t31-,32+/m0/s1. The van der Waals surface area contributed by atoms with Crippen LogP contribution in [0, 0.1) is 10.8 Å². The molecule has 2 aromatic rings. The van der Waals surface area contributed by atoms with E-state index in [9.17, 15) is 9.59 Å². The van der Waals surface area contributed by atoms with Gasteiger partial charge in [0, 0.05) is 24.9 Å². The molecule has 0 amide bonds. The maximum absolute atomic E-state index is 14.6. The van der Waals surface area contributed by atoms with Crippen LogP contribution in [-0.4, -0.2) is 52.3 Å². The van der Waals surface area contributed by atoms with Crippen LogP contribution >= 0.6 is 0 Å². The Hall–Kier alpha value is -2.58. The van der Waals surface area contributed by atoms with E-state index in [1.54, 1.807) is 13.0 Å². The normalized spacial score (nSPS) is 24.7. The zero-order chi connectivity index (χ0) is 29.1. The molecule has 2 fully saturated rings.